The molecule has 0 aliphatic carbocycles. The zero-order valence-corrected chi connectivity index (χ0v) is 8.92. The van der Waals surface area contributed by atoms with Gasteiger partial charge in [-0.3, -0.25) is 14.3 Å². The van der Waals surface area contributed by atoms with Gasteiger partial charge in [0.25, 0.3) is 5.91 Å². The largest absolute Gasteiger partial charge is 0.502 e. The van der Waals surface area contributed by atoms with E-state index in [4.69, 9.17) is 4.74 Å². The molecule has 1 amide bonds. The zero-order valence-electron chi connectivity index (χ0n) is 8.92. The van der Waals surface area contributed by atoms with Crippen molar-refractivity contribution in [1.29, 1.82) is 0 Å². The number of pyridine rings is 1. The van der Waals surface area contributed by atoms with Crippen molar-refractivity contribution in [1.82, 2.24) is 9.58 Å². The van der Waals surface area contributed by atoms with Crippen molar-refractivity contribution in [3.8, 4) is 5.75 Å². The molecule has 1 atom stereocenters. The van der Waals surface area contributed by atoms with Crippen LogP contribution in [0.2, 0.25) is 0 Å². The summed E-state index contributed by atoms with van der Waals surface area (Å²) < 4.78 is 6.63. The third kappa shape index (κ3) is 1.39. The Morgan fingerprint density at radius 2 is 2.29 bits per heavy atom. The highest BCUT2D eigenvalue weighted by Crippen LogP contribution is 2.21. The van der Waals surface area contributed by atoms with E-state index in [1.165, 1.54) is 16.9 Å². The highest BCUT2D eigenvalue weighted by molar-refractivity contribution is 5.96. The smallest absolute Gasteiger partial charge is 0.278 e. The van der Waals surface area contributed by atoms with Gasteiger partial charge in [0.1, 0.15) is 6.17 Å². The Labute approximate surface area is 96.2 Å². The van der Waals surface area contributed by atoms with Crippen LogP contribution in [0, 0.1) is 0 Å². The van der Waals surface area contributed by atoms with Gasteiger partial charge in [-0.15, -0.1) is 0 Å². The van der Waals surface area contributed by atoms with Gasteiger partial charge in [0.05, 0.1) is 13.2 Å². The van der Waals surface area contributed by atoms with E-state index >= 15 is 0 Å². The van der Waals surface area contributed by atoms with E-state index in [1.54, 1.807) is 4.90 Å². The Kier molecular flexibility index (Phi) is 2.08. The molecule has 90 valence electrons. The summed E-state index contributed by atoms with van der Waals surface area (Å²) in [6.07, 6.45) is 1.17. The molecule has 0 bridgehead atoms. The number of ether oxygens (including phenoxy) is 1. The number of hydrogen-bond acceptors (Lipinski definition) is 5. The van der Waals surface area contributed by atoms with Crippen LogP contribution in [-0.2, 0) is 4.74 Å². The number of carbonyl (C=O) groups excluding carboxylic acids is 1. The maximum absolute atomic E-state index is 12.1. The topological polar surface area (TPSA) is 83.8 Å². The summed E-state index contributed by atoms with van der Waals surface area (Å²) in [5.74, 6) is -0.873. The minimum atomic E-state index is -0.557. The SMILES string of the molecule is O=C1c2c(O)c(=O)ccn2N[C@@H]2COCCN12. The number of aromatic hydroxyl groups is 1. The Morgan fingerprint density at radius 3 is 3.12 bits per heavy atom. The predicted octanol–water partition coefficient (Wildman–Crippen LogP) is -1.09. The Bertz CT molecular complexity index is 539. The quantitative estimate of drug-likeness (QED) is 0.599. The van der Waals surface area contributed by atoms with Crippen LogP contribution in [-0.4, -0.2) is 46.5 Å². The first-order valence-corrected chi connectivity index (χ1v) is 5.28. The van der Waals surface area contributed by atoms with E-state index in [0.29, 0.717) is 19.8 Å². The molecule has 0 aromatic carbocycles. The highest BCUT2D eigenvalue weighted by Gasteiger charge is 2.36. The van der Waals surface area contributed by atoms with Gasteiger partial charge in [-0.25, -0.2) is 0 Å². The molecule has 0 radical (unpaired) electrons. The van der Waals surface area contributed by atoms with Crippen LogP contribution in [0.3, 0.4) is 0 Å². The monoisotopic (exact) mass is 237 g/mol. The second kappa shape index (κ2) is 3.49. The summed E-state index contributed by atoms with van der Waals surface area (Å²) in [7, 11) is 0. The second-order valence-corrected chi connectivity index (χ2v) is 3.97. The van der Waals surface area contributed by atoms with Crippen molar-refractivity contribution in [3.63, 3.8) is 0 Å². The first-order valence-electron chi connectivity index (χ1n) is 5.28. The molecule has 17 heavy (non-hydrogen) atoms. The van der Waals surface area contributed by atoms with Crippen molar-refractivity contribution >= 4 is 5.91 Å². The van der Waals surface area contributed by atoms with Crippen LogP contribution in [0.15, 0.2) is 17.1 Å². The van der Waals surface area contributed by atoms with Gasteiger partial charge in [-0.2, -0.15) is 0 Å². The molecule has 0 saturated carbocycles. The van der Waals surface area contributed by atoms with Crippen LogP contribution in [0.1, 0.15) is 10.5 Å². The Morgan fingerprint density at radius 1 is 1.47 bits per heavy atom. The minimum Gasteiger partial charge on any atom is -0.502 e. The van der Waals surface area contributed by atoms with Gasteiger partial charge in [0, 0.05) is 18.8 Å². The van der Waals surface area contributed by atoms with E-state index in [-0.39, 0.29) is 17.8 Å². The fourth-order valence-corrected chi connectivity index (χ4v) is 2.09. The molecule has 2 aliphatic rings. The van der Waals surface area contributed by atoms with Gasteiger partial charge in [-0.05, 0) is 0 Å². The van der Waals surface area contributed by atoms with Crippen LogP contribution in [0.5, 0.6) is 5.75 Å². The number of nitrogens with zero attached hydrogens (tertiary/aromatic N) is 2. The number of nitrogens with one attached hydrogen (secondary N) is 1. The number of carbonyl (C=O) groups is 1. The number of rotatable bonds is 0. The normalized spacial score (nSPS) is 22.7. The lowest BCUT2D eigenvalue weighted by molar-refractivity contribution is -0.00314. The van der Waals surface area contributed by atoms with Gasteiger partial charge < -0.3 is 20.2 Å². The molecule has 0 unspecified atom stereocenters. The van der Waals surface area contributed by atoms with Crippen molar-refractivity contribution in [2.24, 2.45) is 0 Å². The number of aromatic nitrogens is 1. The summed E-state index contributed by atoms with van der Waals surface area (Å²) in [6.45, 7) is 1.29. The zero-order chi connectivity index (χ0) is 12.0. The lowest BCUT2D eigenvalue weighted by Gasteiger charge is -2.41. The Hall–Kier alpha value is -2.02. The first-order chi connectivity index (χ1) is 8.18. The third-order valence-electron chi connectivity index (χ3n) is 2.95. The maximum atomic E-state index is 12.1. The number of fused-ring (bicyclic) bond motifs is 2. The average molecular weight is 237 g/mol. The fourth-order valence-electron chi connectivity index (χ4n) is 2.09. The standard InChI is InChI=1S/C10H11N3O4/c14-6-1-2-13-8(9(6)15)10(16)12-3-4-17-5-7(12)11-13/h1-2,7,11,15H,3-5H2/t7-/m0/s1. The van der Waals surface area contributed by atoms with Crippen LogP contribution >= 0.6 is 0 Å². The van der Waals surface area contributed by atoms with Gasteiger partial charge >= 0.3 is 0 Å². The number of morpholine rings is 1. The van der Waals surface area contributed by atoms with E-state index < -0.39 is 11.2 Å². The molecule has 1 aromatic heterocycles. The van der Waals surface area contributed by atoms with Crippen molar-refractivity contribution in [3.05, 3.63) is 28.2 Å². The second-order valence-electron chi connectivity index (χ2n) is 3.97. The summed E-state index contributed by atoms with van der Waals surface area (Å²) in [5, 5.41) is 9.65. The van der Waals surface area contributed by atoms with Crippen LogP contribution in [0.4, 0.5) is 0 Å². The molecule has 0 spiro atoms. The third-order valence-corrected chi connectivity index (χ3v) is 2.95. The molecule has 1 saturated heterocycles. The van der Waals surface area contributed by atoms with E-state index in [2.05, 4.69) is 5.43 Å². The molecule has 3 rings (SSSR count). The van der Waals surface area contributed by atoms with Crippen LogP contribution < -0.4 is 10.9 Å². The molecule has 1 fully saturated rings. The molecule has 2 aliphatic heterocycles. The fraction of sp³-hybridized carbons (Fsp3) is 0.400. The maximum Gasteiger partial charge on any atom is 0.278 e. The lowest BCUT2D eigenvalue weighted by atomic mass is 10.2. The molecule has 2 N–H and O–H groups in total. The van der Waals surface area contributed by atoms with E-state index in [0.717, 1.165) is 0 Å². The summed E-state index contributed by atoms with van der Waals surface area (Å²) in [5.41, 5.74) is 2.42. The number of amides is 1. The van der Waals surface area contributed by atoms with Crippen molar-refractivity contribution < 1.29 is 14.6 Å². The molecule has 7 nitrogen and oxygen atoms in total. The van der Waals surface area contributed by atoms with Crippen LogP contribution in [0.25, 0.3) is 0 Å². The van der Waals surface area contributed by atoms with E-state index in [1.807, 2.05) is 0 Å². The van der Waals surface area contributed by atoms with Gasteiger partial charge in [0.2, 0.25) is 5.43 Å². The summed E-state index contributed by atoms with van der Waals surface area (Å²) in [6, 6.07) is 1.21. The summed E-state index contributed by atoms with van der Waals surface area (Å²) in [4.78, 5) is 25.0. The lowest BCUT2D eigenvalue weighted by Crippen LogP contribution is -2.59. The van der Waals surface area contributed by atoms with Crippen molar-refractivity contribution in [2.75, 3.05) is 25.2 Å². The van der Waals surface area contributed by atoms with E-state index in [9.17, 15) is 14.7 Å². The molecule has 1 aromatic rings. The van der Waals surface area contributed by atoms with Gasteiger partial charge in [0.15, 0.2) is 11.4 Å². The molecule has 7 heteroatoms. The molecular weight excluding hydrogens is 226 g/mol. The predicted molar refractivity (Wildman–Crippen MR) is 57.4 cm³/mol. The first kappa shape index (κ1) is 10.2. The average Bonchev–Trinajstić information content (AvgIpc) is 2.34. The van der Waals surface area contributed by atoms with Gasteiger partial charge in [-0.1, -0.05) is 0 Å². The minimum absolute atomic E-state index is 0.0179. The van der Waals surface area contributed by atoms with Crippen molar-refractivity contribution in [2.45, 2.75) is 6.17 Å². The number of hydrogen-bond donors (Lipinski definition) is 2. The molecular formula is C10H11N3O4. The highest BCUT2D eigenvalue weighted by atomic mass is 16.5. The Balaban J connectivity index is 2.13. The molecule has 3 heterocycles. The summed E-state index contributed by atoms with van der Waals surface area (Å²) >= 11 is 0.